The van der Waals surface area contributed by atoms with Crippen LogP contribution in [-0.2, 0) is 0 Å². The fourth-order valence-electron chi connectivity index (χ4n) is 3.91. The largest absolute Gasteiger partial charge is 0.383 e. The molecule has 0 saturated carbocycles. The zero-order valence-corrected chi connectivity index (χ0v) is 18.2. The van der Waals surface area contributed by atoms with Crippen molar-refractivity contribution in [1.29, 1.82) is 0 Å². The molecule has 5 rings (SSSR count). The molecule has 3 N–H and O–H groups in total. The number of fused-ring (bicyclic) bond motifs is 1. The van der Waals surface area contributed by atoms with Gasteiger partial charge < -0.3 is 11.1 Å². The minimum Gasteiger partial charge on any atom is -0.383 e. The monoisotopic (exact) mass is 439 g/mol. The molecule has 164 valence electrons. The third-order valence-electron chi connectivity index (χ3n) is 5.55. The lowest BCUT2D eigenvalue weighted by Gasteiger charge is -2.21. The Morgan fingerprint density at radius 1 is 0.970 bits per heavy atom. The smallest absolute Gasteiger partial charge is 0.154 e. The predicted octanol–water partition coefficient (Wildman–Crippen LogP) is 5.06. The fourth-order valence-corrected chi connectivity index (χ4v) is 3.91. The van der Waals surface area contributed by atoms with Gasteiger partial charge in [0, 0.05) is 11.1 Å². The first-order chi connectivity index (χ1) is 16.0. The number of nitrogens with two attached hydrogens (primary N) is 1. The van der Waals surface area contributed by atoms with Crippen molar-refractivity contribution in [3.8, 4) is 22.4 Å². The third kappa shape index (κ3) is 3.87. The van der Waals surface area contributed by atoms with Crippen molar-refractivity contribution in [3.05, 3.63) is 90.3 Å². The average molecular weight is 439 g/mol. The second-order valence-electron chi connectivity index (χ2n) is 7.84. The summed E-state index contributed by atoms with van der Waals surface area (Å²) in [4.78, 5) is 13.0. The normalized spacial score (nSPS) is 12.1. The van der Waals surface area contributed by atoms with Crippen LogP contribution in [0, 0.1) is 12.7 Å². The second kappa shape index (κ2) is 8.31. The van der Waals surface area contributed by atoms with E-state index in [0.717, 1.165) is 28.2 Å². The molecule has 0 spiro atoms. The summed E-state index contributed by atoms with van der Waals surface area (Å²) in [5.41, 5.74) is 11.8. The van der Waals surface area contributed by atoms with Crippen LogP contribution in [0.2, 0.25) is 0 Å². The highest BCUT2D eigenvalue weighted by molar-refractivity contribution is 5.83. The maximum Gasteiger partial charge on any atom is 0.154 e. The molecule has 0 amide bonds. The lowest BCUT2D eigenvalue weighted by Crippen LogP contribution is -2.13. The van der Waals surface area contributed by atoms with E-state index < -0.39 is 0 Å². The zero-order valence-electron chi connectivity index (χ0n) is 18.2. The van der Waals surface area contributed by atoms with Crippen molar-refractivity contribution in [2.45, 2.75) is 19.9 Å². The van der Waals surface area contributed by atoms with Crippen molar-refractivity contribution >= 4 is 17.3 Å². The topological polar surface area (TPSA) is 94.0 Å². The van der Waals surface area contributed by atoms with Gasteiger partial charge in [0.15, 0.2) is 5.65 Å². The standard InChI is InChI=1S/C25H22FN7/c1-15-13-28-21-12-20(23(32-33(15)21)17-7-4-3-5-8-17)16(2)31-25-22(24(27)29-14-30-25)18-9-6-10-19(26)11-18/h3-14,16H,1-2H3,(H3,27,29,30,31)/t16-/m0/s1. The first-order valence-electron chi connectivity index (χ1n) is 10.5. The molecule has 3 heterocycles. The van der Waals surface area contributed by atoms with Gasteiger partial charge in [0.05, 0.1) is 29.2 Å². The maximum absolute atomic E-state index is 13.9. The van der Waals surface area contributed by atoms with Crippen LogP contribution in [0.5, 0.6) is 0 Å². The van der Waals surface area contributed by atoms with E-state index >= 15 is 0 Å². The molecule has 8 heteroatoms. The van der Waals surface area contributed by atoms with Crippen LogP contribution in [0.3, 0.4) is 0 Å². The molecular weight excluding hydrogens is 417 g/mol. The van der Waals surface area contributed by atoms with Crippen LogP contribution in [-0.4, -0.2) is 24.6 Å². The Morgan fingerprint density at radius 2 is 1.76 bits per heavy atom. The van der Waals surface area contributed by atoms with Gasteiger partial charge in [-0.15, -0.1) is 0 Å². The summed E-state index contributed by atoms with van der Waals surface area (Å²) in [6.07, 6.45) is 3.19. The lowest BCUT2D eigenvalue weighted by atomic mass is 10.0. The van der Waals surface area contributed by atoms with Crippen molar-refractivity contribution in [2.75, 3.05) is 11.1 Å². The zero-order chi connectivity index (χ0) is 22.9. The van der Waals surface area contributed by atoms with Gasteiger partial charge in [0.1, 0.15) is 23.8 Å². The number of aryl methyl sites for hydroxylation is 1. The van der Waals surface area contributed by atoms with E-state index in [0.29, 0.717) is 16.9 Å². The maximum atomic E-state index is 13.9. The molecule has 33 heavy (non-hydrogen) atoms. The number of nitrogens with one attached hydrogen (secondary N) is 1. The Morgan fingerprint density at radius 3 is 2.55 bits per heavy atom. The molecule has 0 unspecified atom stereocenters. The Hall–Kier alpha value is -4.33. The van der Waals surface area contributed by atoms with E-state index in [9.17, 15) is 4.39 Å². The summed E-state index contributed by atoms with van der Waals surface area (Å²) in [7, 11) is 0. The Kier molecular flexibility index (Phi) is 5.18. The average Bonchev–Trinajstić information content (AvgIpc) is 3.18. The highest BCUT2D eigenvalue weighted by atomic mass is 19.1. The van der Waals surface area contributed by atoms with Crippen molar-refractivity contribution in [1.82, 2.24) is 24.6 Å². The van der Waals surface area contributed by atoms with Gasteiger partial charge >= 0.3 is 0 Å². The summed E-state index contributed by atoms with van der Waals surface area (Å²) in [5.74, 6) is 0.426. The number of rotatable bonds is 5. The summed E-state index contributed by atoms with van der Waals surface area (Å²) in [6.45, 7) is 3.99. The number of halogens is 1. The van der Waals surface area contributed by atoms with Crippen molar-refractivity contribution in [2.24, 2.45) is 0 Å². The Labute approximate surface area is 190 Å². The van der Waals surface area contributed by atoms with Gasteiger partial charge in [-0.2, -0.15) is 5.10 Å². The predicted molar refractivity (Wildman–Crippen MR) is 127 cm³/mol. The molecule has 0 aliphatic heterocycles. The van der Waals surface area contributed by atoms with E-state index in [1.54, 1.807) is 18.3 Å². The summed E-state index contributed by atoms with van der Waals surface area (Å²) in [6, 6.07) is 18.0. The minimum absolute atomic E-state index is 0.212. The van der Waals surface area contributed by atoms with E-state index in [1.807, 2.05) is 54.8 Å². The number of aromatic nitrogens is 5. The Balaban J connectivity index is 1.61. The third-order valence-corrected chi connectivity index (χ3v) is 5.55. The molecule has 0 fully saturated rings. The van der Waals surface area contributed by atoms with Gasteiger partial charge in [0.25, 0.3) is 0 Å². The molecule has 1 atom stereocenters. The molecule has 0 saturated heterocycles. The molecular formula is C25H22FN7. The number of benzene rings is 2. The van der Waals surface area contributed by atoms with Crippen molar-refractivity contribution < 1.29 is 4.39 Å². The molecule has 2 aromatic carbocycles. The highest BCUT2D eigenvalue weighted by Crippen LogP contribution is 2.35. The van der Waals surface area contributed by atoms with Crippen LogP contribution in [0.1, 0.15) is 24.2 Å². The number of nitrogens with zero attached hydrogens (tertiary/aromatic N) is 5. The molecule has 0 bridgehead atoms. The minimum atomic E-state index is -0.356. The number of hydrogen-bond acceptors (Lipinski definition) is 6. The van der Waals surface area contributed by atoms with Gasteiger partial charge in [-0.25, -0.2) is 23.9 Å². The summed E-state index contributed by atoms with van der Waals surface area (Å²) < 4.78 is 15.7. The molecule has 0 aliphatic carbocycles. The number of nitrogen functional groups attached to an aromatic ring is 1. The molecule has 0 radical (unpaired) electrons. The fraction of sp³-hybridized carbons (Fsp3) is 0.120. The van der Waals surface area contributed by atoms with Gasteiger partial charge in [-0.3, -0.25) is 0 Å². The van der Waals surface area contributed by atoms with Gasteiger partial charge in [0.2, 0.25) is 0 Å². The van der Waals surface area contributed by atoms with Crippen LogP contribution in [0.25, 0.3) is 28.0 Å². The van der Waals surface area contributed by atoms with E-state index in [2.05, 4.69) is 20.3 Å². The summed E-state index contributed by atoms with van der Waals surface area (Å²) in [5, 5.41) is 8.32. The number of anilines is 2. The van der Waals surface area contributed by atoms with E-state index in [1.165, 1.54) is 18.5 Å². The highest BCUT2D eigenvalue weighted by Gasteiger charge is 2.20. The molecule has 7 nitrogen and oxygen atoms in total. The molecule has 3 aromatic heterocycles. The number of imidazole rings is 1. The van der Waals surface area contributed by atoms with Crippen LogP contribution >= 0.6 is 0 Å². The Bertz CT molecular complexity index is 1450. The first kappa shape index (κ1) is 20.6. The molecule has 5 aromatic rings. The van der Waals surface area contributed by atoms with Gasteiger partial charge in [-0.1, -0.05) is 42.5 Å². The quantitative estimate of drug-likeness (QED) is 0.398. The van der Waals surface area contributed by atoms with Crippen LogP contribution in [0.15, 0.2) is 73.2 Å². The van der Waals surface area contributed by atoms with E-state index in [-0.39, 0.29) is 17.7 Å². The molecule has 0 aliphatic rings. The van der Waals surface area contributed by atoms with E-state index in [4.69, 9.17) is 10.8 Å². The van der Waals surface area contributed by atoms with Crippen LogP contribution < -0.4 is 11.1 Å². The second-order valence-corrected chi connectivity index (χ2v) is 7.84. The SMILES string of the molecule is Cc1cnc2cc([C@H](C)Nc3ncnc(N)c3-c3cccc(F)c3)c(-c3ccccc3)nn12. The first-order valence-corrected chi connectivity index (χ1v) is 10.5. The van der Waals surface area contributed by atoms with Gasteiger partial charge in [-0.05, 0) is 37.6 Å². The lowest BCUT2D eigenvalue weighted by molar-refractivity contribution is 0.628. The van der Waals surface area contributed by atoms with Crippen molar-refractivity contribution in [3.63, 3.8) is 0 Å². The summed E-state index contributed by atoms with van der Waals surface area (Å²) >= 11 is 0. The van der Waals surface area contributed by atoms with Crippen LogP contribution in [0.4, 0.5) is 16.0 Å². The number of hydrogen-bond donors (Lipinski definition) is 2.